The number of benzene rings is 8. The van der Waals surface area contributed by atoms with Crippen molar-refractivity contribution in [2.75, 3.05) is 4.81 Å². The minimum absolute atomic E-state index is 0.0418. The lowest BCUT2D eigenvalue weighted by atomic mass is 9.42. The van der Waals surface area contributed by atoms with Crippen LogP contribution in [-0.4, -0.2) is 11.4 Å². The first-order valence-electron chi connectivity index (χ1n) is 28.1. The highest BCUT2D eigenvalue weighted by molar-refractivity contribution is 6.94. The molecular weight excluding hydrogens is 872 g/mol. The second-order valence-corrected chi connectivity index (χ2v) is 26.6. The molecule has 0 atom stereocenters. The zero-order valence-corrected chi connectivity index (χ0v) is 42.0. The average Bonchev–Trinajstić information content (AvgIpc) is 3.90. The zero-order chi connectivity index (χ0) is 47.1. The van der Waals surface area contributed by atoms with Gasteiger partial charge < -0.3 is 13.8 Å². The Hall–Kier alpha value is -6.26. The molecule has 2 aliphatic heterocycles. The quantitative estimate of drug-likeness (QED) is 0.165. The van der Waals surface area contributed by atoms with Gasteiger partial charge in [-0.2, -0.15) is 0 Å². The molecule has 0 radical (unpaired) electrons. The monoisotopic (exact) mass is 932 g/mol. The second kappa shape index (κ2) is 13.5. The SMILES string of the molecule is CC(C)(C)c1ccc(N2B3c4c(cc5ccccc5c4-c4cc5c(cc42)oc2cc4ccccc4cc25)-n2c4ccc(C56CC7CC(CC(C7)C5)C6)cc4c4cc(C56CC7CC(CC(C7)C5)C6)cc3c42)cc1. The highest BCUT2D eigenvalue weighted by Crippen LogP contribution is 2.63. The number of nitrogens with zero attached hydrogens (tertiary/aromatic N) is 2. The van der Waals surface area contributed by atoms with Crippen molar-refractivity contribution in [2.45, 2.75) is 114 Å². The molecule has 3 nitrogen and oxygen atoms in total. The Morgan fingerprint density at radius 2 is 1.08 bits per heavy atom. The summed E-state index contributed by atoms with van der Waals surface area (Å²) in [5.41, 5.74) is 19.4. The summed E-state index contributed by atoms with van der Waals surface area (Å²) in [6, 6.07) is 53.5. The molecule has 0 spiro atoms. The van der Waals surface area contributed by atoms with Crippen LogP contribution in [-0.2, 0) is 16.2 Å². The van der Waals surface area contributed by atoms with Crippen molar-refractivity contribution in [2.24, 2.45) is 35.5 Å². The van der Waals surface area contributed by atoms with E-state index in [1.807, 2.05) is 0 Å². The number of hydrogen-bond donors (Lipinski definition) is 0. The van der Waals surface area contributed by atoms with Crippen molar-refractivity contribution >= 4 is 94.4 Å². The van der Waals surface area contributed by atoms with Crippen molar-refractivity contribution in [3.05, 3.63) is 150 Å². The third-order valence-corrected chi connectivity index (χ3v) is 21.3. The Balaban J connectivity index is 0.971. The highest BCUT2D eigenvalue weighted by atomic mass is 16.3. The van der Waals surface area contributed by atoms with Crippen LogP contribution in [0.25, 0.3) is 82.1 Å². The van der Waals surface area contributed by atoms with Gasteiger partial charge in [-0.15, -0.1) is 0 Å². The smallest absolute Gasteiger partial charge is 0.333 e. The molecule has 8 fully saturated rings. The summed E-state index contributed by atoms with van der Waals surface area (Å²) in [6.45, 7) is 6.98. The number of anilines is 2. The van der Waals surface area contributed by atoms with E-state index < -0.39 is 0 Å². The van der Waals surface area contributed by atoms with Crippen LogP contribution >= 0.6 is 0 Å². The Morgan fingerprint density at radius 3 is 1.75 bits per heavy atom. The van der Waals surface area contributed by atoms with E-state index in [1.165, 1.54) is 176 Å². The second-order valence-electron chi connectivity index (χ2n) is 26.6. The standard InChI is InChI=1S/C68H61BN2O/c1-66(2,3)47-12-15-50(16-13-47)71-59-31-62-54(53-24-44-8-4-5-9-45(44)26-61(53)72-62)30-56(59)63-51-11-7-6-10-46(51)25-60-64(63)69(71)57-29-49(68-35-41-21-42(36-68)23-43(22-41)37-68)28-55-52-27-48(14-17-58(52)70(60)65(55)57)67-32-38-18-39(33-67)20-40(19-38)34-67/h4-17,24-31,38-43H,18-23,32-37H2,1-3H3. The number of hydrogen-bond acceptors (Lipinski definition) is 2. The maximum atomic E-state index is 7.04. The normalized spacial score (nSPS) is 28.4. The lowest BCUT2D eigenvalue weighted by Gasteiger charge is -2.57. The minimum atomic E-state index is -0.0483. The Kier molecular flexibility index (Phi) is 7.53. The van der Waals surface area contributed by atoms with Crippen LogP contribution in [0, 0.1) is 35.5 Å². The molecule has 10 aliphatic rings. The molecule has 8 saturated carbocycles. The van der Waals surface area contributed by atoms with E-state index in [4.69, 9.17) is 4.42 Å². The van der Waals surface area contributed by atoms with Crippen molar-refractivity contribution in [1.82, 2.24) is 4.57 Å². The van der Waals surface area contributed by atoms with E-state index in [9.17, 15) is 0 Å². The van der Waals surface area contributed by atoms with Gasteiger partial charge in [-0.05, 0) is 238 Å². The summed E-state index contributed by atoms with van der Waals surface area (Å²) in [7, 11) is 0. The Labute approximate surface area is 422 Å². The maximum absolute atomic E-state index is 7.04. The third kappa shape index (κ3) is 5.24. The number of rotatable bonds is 3. The maximum Gasteiger partial charge on any atom is 0.333 e. The molecule has 8 bridgehead atoms. The first kappa shape index (κ1) is 40.3. The topological polar surface area (TPSA) is 21.3 Å². The van der Waals surface area contributed by atoms with Gasteiger partial charge in [0, 0.05) is 50.2 Å². The van der Waals surface area contributed by atoms with Gasteiger partial charge in [0.15, 0.2) is 0 Å². The molecule has 4 heterocycles. The van der Waals surface area contributed by atoms with Crippen LogP contribution in [0.15, 0.2) is 138 Å². The van der Waals surface area contributed by atoms with E-state index in [0.29, 0.717) is 5.41 Å². The molecule has 2 aromatic heterocycles. The molecule has 10 aromatic rings. The van der Waals surface area contributed by atoms with Crippen molar-refractivity contribution in [3.8, 4) is 16.8 Å². The highest BCUT2D eigenvalue weighted by Gasteiger charge is 2.54. The third-order valence-electron chi connectivity index (χ3n) is 21.3. The van der Waals surface area contributed by atoms with Crippen LogP contribution in [0.1, 0.15) is 115 Å². The zero-order valence-electron chi connectivity index (χ0n) is 42.0. The lowest BCUT2D eigenvalue weighted by molar-refractivity contribution is -0.00526. The van der Waals surface area contributed by atoms with Crippen molar-refractivity contribution < 1.29 is 4.42 Å². The molecule has 0 amide bonds. The van der Waals surface area contributed by atoms with Gasteiger partial charge in [-0.25, -0.2) is 0 Å². The molecule has 4 heteroatoms. The van der Waals surface area contributed by atoms with E-state index in [1.54, 1.807) is 11.1 Å². The summed E-state index contributed by atoms with van der Waals surface area (Å²) in [6.07, 6.45) is 17.0. The van der Waals surface area contributed by atoms with Gasteiger partial charge in [-0.1, -0.05) is 93.6 Å². The fourth-order valence-corrected chi connectivity index (χ4v) is 19.2. The van der Waals surface area contributed by atoms with E-state index >= 15 is 0 Å². The molecular formula is C68H61BN2O. The molecule has 72 heavy (non-hydrogen) atoms. The van der Waals surface area contributed by atoms with Gasteiger partial charge in [0.25, 0.3) is 0 Å². The largest absolute Gasteiger partial charge is 0.456 e. The Morgan fingerprint density at radius 1 is 0.500 bits per heavy atom. The van der Waals surface area contributed by atoms with Crippen LogP contribution < -0.4 is 15.7 Å². The summed E-state index contributed by atoms with van der Waals surface area (Å²) in [5.74, 6) is 5.35. The summed E-state index contributed by atoms with van der Waals surface area (Å²) >= 11 is 0. The first-order chi connectivity index (χ1) is 35.1. The Bertz CT molecular complexity index is 3990. The van der Waals surface area contributed by atoms with Crippen LogP contribution in [0.3, 0.4) is 0 Å². The molecule has 8 aromatic carbocycles. The molecule has 8 aliphatic carbocycles. The van der Waals surface area contributed by atoms with Gasteiger partial charge in [0.05, 0.1) is 11.0 Å². The van der Waals surface area contributed by atoms with Crippen molar-refractivity contribution in [3.63, 3.8) is 0 Å². The predicted octanol–water partition coefficient (Wildman–Crippen LogP) is 16.5. The lowest BCUT2D eigenvalue weighted by Crippen LogP contribution is -2.61. The van der Waals surface area contributed by atoms with Gasteiger partial charge in [0.1, 0.15) is 11.2 Å². The fraction of sp³-hybridized carbons (Fsp3) is 0.353. The van der Waals surface area contributed by atoms with E-state index in [0.717, 1.165) is 46.7 Å². The van der Waals surface area contributed by atoms with Crippen LogP contribution in [0.5, 0.6) is 0 Å². The average molecular weight is 933 g/mol. The summed E-state index contributed by atoms with van der Waals surface area (Å²) < 4.78 is 9.81. The fourth-order valence-electron chi connectivity index (χ4n) is 19.2. The van der Waals surface area contributed by atoms with E-state index in [-0.39, 0.29) is 17.7 Å². The summed E-state index contributed by atoms with van der Waals surface area (Å²) in [5, 5.41) is 10.4. The van der Waals surface area contributed by atoms with Crippen LogP contribution in [0.2, 0.25) is 0 Å². The molecule has 20 rings (SSSR count). The number of furan rings is 1. The molecule has 0 saturated heterocycles. The first-order valence-corrected chi connectivity index (χ1v) is 28.1. The summed E-state index contributed by atoms with van der Waals surface area (Å²) in [4.78, 5) is 2.77. The van der Waals surface area contributed by atoms with Crippen molar-refractivity contribution in [1.29, 1.82) is 0 Å². The molecule has 0 unspecified atom stereocenters. The number of aromatic nitrogens is 1. The predicted molar refractivity (Wildman–Crippen MR) is 301 cm³/mol. The number of fused-ring (bicyclic) bond motifs is 13. The molecule has 352 valence electrons. The van der Waals surface area contributed by atoms with Gasteiger partial charge in [-0.3, -0.25) is 0 Å². The van der Waals surface area contributed by atoms with Gasteiger partial charge in [0.2, 0.25) is 0 Å². The van der Waals surface area contributed by atoms with E-state index in [2.05, 4.69) is 164 Å². The molecule has 0 N–H and O–H groups in total. The minimum Gasteiger partial charge on any atom is -0.456 e. The van der Waals surface area contributed by atoms with Gasteiger partial charge >= 0.3 is 6.85 Å². The van der Waals surface area contributed by atoms with Crippen LogP contribution in [0.4, 0.5) is 11.4 Å².